The van der Waals surface area contributed by atoms with Crippen LogP contribution >= 0.6 is 0 Å². The molecule has 0 unspecified atom stereocenters. The summed E-state index contributed by atoms with van der Waals surface area (Å²) in [5.74, 6) is 0.0627. The van der Waals surface area contributed by atoms with E-state index in [1.165, 1.54) is 25.7 Å². The second-order valence-electron chi connectivity index (χ2n) is 8.17. The number of benzene rings is 2. The molecule has 156 valence electrons. The van der Waals surface area contributed by atoms with Crippen LogP contribution in [0.3, 0.4) is 0 Å². The first-order valence-electron chi connectivity index (χ1n) is 11.1. The molecule has 5 heteroatoms. The van der Waals surface area contributed by atoms with E-state index >= 15 is 0 Å². The van der Waals surface area contributed by atoms with Crippen LogP contribution in [0.5, 0.6) is 0 Å². The van der Waals surface area contributed by atoms with Gasteiger partial charge in [0.2, 0.25) is 0 Å². The summed E-state index contributed by atoms with van der Waals surface area (Å²) in [7, 11) is 0. The molecule has 0 spiro atoms. The van der Waals surface area contributed by atoms with Gasteiger partial charge in [-0.25, -0.2) is 9.50 Å². The summed E-state index contributed by atoms with van der Waals surface area (Å²) in [6, 6.07) is 24.1. The van der Waals surface area contributed by atoms with Gasteiger partial charge >= 0.3 is 0 Å². The van der Waals surface area contributed by atoms with Crippen LogP contribution in [0.2, 0.25) is 0 Å². The van der Waals surface area contributed by atoms with E-state index < -0.39 is 0 Å². The smallest absolute Gasteiger partial charge is 0.197 e. The van der Waals surface area contributed by atoms with Crippen molar-refractivity contribution in [1.82, 2.24) is 19.5 Å². The molecule has 0 saturated carbocycles. The van der Waals surface area contributed by atoms with Crippen molar-refractivity contribution >= 4 is 11.4 Å². The van der Waals surface area contributed by atoms with Gasteiger partial charge < -0.3 is 0 Å². The Kier molecular flexibility index (Phi) is 5.59. The fourth-order valence-corrected chi connectivity index (χ4v) is 4.26. The second kappa shape index (κ2) is 8.82. The topological polar surface area (TPSA) is 50.5 Å². The van der Waals surface area contributed by atoms with E-state index in [9.17, 15) is 4.79 Å². The van der Waals surface area contributed by atoms with E-state index in [2.05, 4.69) is 29.2 Å². The number of ketones is 1. The van der Waals surface area contributed by atoms with Crippen molar-refractivity contribution in [3.05, 3.63) is 78.5 Å². The summed E-state index contributed by atoms with van der Waals surface area (Å²) in [5.41, 5.74) is 5.07. The number of likely N-dealkylation sites (tertiary alicyclic amines) is 1. The van der Waals surface area contributed by atoms with E-state index in [1.54, 1.807) is 4.52 Å². The normalized spacial score (nSPS) is 15.1. The van der Waals surface area contributed by atoms with Crippen LogP contribution in [0.4, 0.5) is 0 Å². The van der Waals surface area contributed by atoms with Gasteiger partial charge in [-0.05, 0) is 32.0 Å². The van der Waals surface area contributed by atoms with Gasteiger partial charge in [-0.3, -0.25) is 9.69 Å². The van der Waals surface area contributed by atoms with Crippen LogP contribution in [0.1, 0.15) is 36.2 Å². The minimum atomic E-state index is 0.0627. The van der Waals surface area contributed by atoms with Crippen molar-refractivity contribution in [3.8, 4) is 22.5 Å². The Hall–Kier alpha value is -3.31. The summed E-state index contributed by atoms with van der Waals surface area (Å²) in [6.45, 7) is 2.41. The van der Waals surface area contributed by atoms with Gasteiger partial charge in [0, 0.05) is 17.2 Å². The molecule has 31 heavy (non-hydrogen) atoms. The van der Waals surface area contributed by atoms with E-state index in [1.807, 2.05) is 48.5 Å². The van der Waals surface area contributed by atoms with Crippen molar-refractivity contribution in [2.45, 2.75) is 25.7 Å². The molecule has 1 saturated heterocycles. The van der Waals surface area contributed by atoms with E-state index in [-0.39, 0.29) is 5.78 Å². The zero-order valence-corrected chi connectivity index (χ0v) is 17.6. The highest BCUT2D eigenvalue weighted by Crippen LogP contribution is 2.26. The monoisotopic (exact) mass is 410 g/mol. The maximum Gasteiger partial charge on any atom is 0.197 e. The van der Waals surface area contributed by atoms with Crippen molar-refractivity contribution < 1.29 is 4.79 Å². The van der Waals surface area contributed by atoms with E-state index in [0.717, 1.165) is 35.6 Å². The molecule has 0 radical (unpaired) electrons. The first kappa shape index (κ1) is 19.6. The first-order chi connectivity index (χ1) is 15.3. The van der Waals surface area contributed by atoms with Gasteiger partial charge in [-0.1, -0.05) is 73.5 Å². The SMILES string of the molecule is O=C(CN1CCCCCC1)c1cc2nc(-c3ccccc3)cc(-c3ccccc3)n2n1. The van der Waals surface area contributed by atoms with Crippen LogP contribution < -0.4 is 0 Å². The zero-order chi connectivity index (χ0) is 21.0. The van der Waals surface area contributed by atoms with Gasteiger partial charge in [0.15, 0.2) is 11.4 Å². The number of hydrogen-bond donors (Lipinski definition) is 0. The third-order valence-electron chi connectivity index (χ3n) is 5.92. The highest BCUT2D eigenvalue weighted by atomic mass is 16.1. The van der Waals surface area contributed by atoms with Gasteiger partial charge in [0.05, 0.1) is 17.9 Å². The lowest BCUT2D eigenvalue weighted by Crippen LogP contribution is -2.31. The summed E-state index contributed by atoms with van der Waals surface area (Å²) < 4.78 is 1.80. The number of Topliss-reactive ketones (excluding diaryl/α,β-unsaturated/α-hetero) is 1. The lowest BCUT2D eigenvalue weighted by molar-refractivity contribution is 0.0928. The second-order valence-corrected chi connectivity index (χ2v) is 8.17. The summed E-state index contributed by atoms with van der Waals surface area (Å²) in [6.07, 6.45) is 4.84. The molecule has 5 rings (SSSR count). The molecule has 0 bridgehead atoms. The Morgan fingerprint density at radius 3 is 2.13 bits per heavy atom. The van der Waals surface area contributed by atoms with Gasteiger partial charge in [0.1, 0.15) is 5.69 Å². The quantitative estimate of drug-likeness (QED) is 0.429. The zero-order valence-electron chi connectivity index (χ0n) is 17.6. The third-order valence-corrected chi connectivity index (χ3v) is 5.92. The fourth-order valence-electron chi connectivity index (χ4n) is 4.26. The third kappa shape index (κ3) is 4.28. The van der Waals surface area contributed by atoms with Crippen molar-refractivity contribution in [1.29, 1.82) is 0 Å². The Labute approximate surface area is 182 Å². The molecule has 1 fully saturated rings. The molecule has 0 amide bonds. The molecule has 2 aromatic heterocycles. The average Bonchev–Trinajstić information content (AvgIpc) is 3.10. The molecule has 0 N–H and O–H groups in total. The van der Waals surface area contributed by atoms with Crippen LogP contribution in [0.25, 0.3) is 28.2 Å². The Morgan fingerprint density at radius 1 is 0.806 bits per heavy atom. The number of hydrogen-bond acceptors (Lipinski definition) is 4. The standard InChI is InChI=1S/C26H26N4O/c31-25(19-29-15-9-1-2-10-16-29)23-18-26-27-22(20-11-5-3-6-12-20)17-24(30(26)28-23)21-13-7-4-8-14-21/h3-8,11-14,17-18H,1-2,9-10,15-16,19H2. The largest absolute Gasteiger partial charge is 0.296 e. The molecule has 5 nitrogen and oxygen atoms in total. The number of aromatic nitrogens is 3. The predicted octanol–water partition coefficient (Wildman–Crippen LogP) is 5.12. The van der Waals surface area contributed by atoms with Crippen molar-refractivity contribution in [3.63, 3.8) is 0 Å². The van der Waals surface area contributed by atoms with Crippen LogP contribution in [-0.2, 0) is 0 Å². The van der Waals surface area contributed by atoms with Gasteiger partial charge in [-0.2, -0.15) is 5.10 Å². The minimum Gasteiger partial charge on any atom is -0.296 e. The van der Waals surface area contributed by atoms with E-state index in [0.29, 0.717) is 17.9 Å². The molecule has 3 heterocycles. The molecule has 2 aromatic carbocycles. The fraction of sp³-hybridized carbons (Fsp3) is 0.269. The average molecular weight is 411 g/mol. The lowest BCUT2D eigenvalue weighted by Gasteiger charge is -2.17. The molecule has 0 atom stereocenters. The summed E-state index contributed by atoms with van der Waals surface area (Å²) in [5, 5.41) is 4.69. The highest BCUT2D eigenvalue weighted by molar-refractivity contribution is 5.97. The molecule has 4 aromatic rings. The number of fused-ring (bicyclic) bond motifs is 1. The van der Waals surface area contributed by atoms with Crippen LogP contribution in [0, 0.1) is 0 Å². The molecular weight excluding hydrogens is 384 g/mol. The number of rotatable bonds is 5. The maximum atomic E-state index is 13.1. The van der Waals surface area contributed by atoms with Gasteiger partial charge in [-0.15, -0.1) is 0 Å². The number of carbonyl (C=O) groups is 1. The summed E-state index contributed by atoms with van der Waals surface area (Å²) in [4.78, 5) is 20.1. The lowest BCUT2D eigenvalue weighted by atomic mass is 10.1. The highest BCUT2D eigenvalue weighted by Gasteiger charge is 2.19. The van der Waals surface area contributed by atoms with Gasteiger partial charge in [0.25, 0.3) is 0 Å². The molecule has 1 aliphatic rings. The summed E-state index contributed by atoms with van der Waals surface area (Å²) >= 11 is 0. The first-order valence-corrected chi connectivity index (χ1v) is 11.1. The van der Waals surface area contributed by atoms with Crippen molar-refractivity contribution in [2.75, 3.05) is 19.6 Å². The minimum absolute atomic E-state index is 0.0627. The van der Waals surface area contributed by atoms with E-state index in [4.69, 9.17) is 10.1 Å². The van der Waals surface area contributed by atoms with Crippen molar-refractivity contribution in [2.24, 2.45) is 0 Å². The van der Waals surface area contributed by atoms with Crippen LogP contribution in [-0.4, -0.2) is 44.9 Å². The Morgan fingerprint density at radius 2 is 1.45 bits per heavy atom. The molecule has 1 aliphatic heterocycles. The van der Waals surface area contributed by atoms with Crippen LogP contribution in [0.15, 0.2) is 72.8 Å². The number of nitrogens with zero attached hydrogens (tertiary/aromatic N) is 4. The molecular formula is C26H26N4O. The number of carbonyl (C=O) groups excluding carboxylic acids is 1. The Bertz CT molecular complexity index is 1180. The molecule has 0 aliphatic carbocycles. The maximum absolute atomic E-state index is 13.1. The predicted molar refractivity (Wildman–Crippen MR) is 123 cm³/mol. The Balaban J connectivity index is 1.55.